The summed E-state index contributed by atoms with van der Waals surface area (Å²) in [5, 5.41) is 6.21. The highest BCUT2D eigenvalue weighted by Gasteiger charge is 2.19. The number of benzene rings is 1. The average Bonchev–Trinajstić information content (AvgIpc) is 3.12. The molecule has 1 aliphatic heterocycles. The molecule has 0 fully saturated rings. The summed E-state index contributed by atoms with van der Waals surface area (Å²) in [5.74, 6) is -0.563. The molecular weight excluding hydrogens is 414 g/mol. The average molecular weight is 438 g/mol. The van der Waals surface area contributed by atoms with Gasteiger partial charge >= 0.3 is 0 Å². The van der Waals surface area contributed by atoms with Gasteiger partial charge in [-0.1, -0.05) is 6.07 Å². The number of carbonyl (C=O) groups is 2. The molecule has 3 aromatic rings. The van der Waals surface area contributed by atoms with Crippen molar-refractivity contribution in [3.05, 3.63) is 74.6 Å². The van der Waals surface area contributed by atoms with Crippen LogP contribution in [0.25, 0.3) is 0 Å². The predicted octanol–water partition coefficient (Wildman–Crippen LogP) is 2.49. The minimum Gasteiger partial charge on any atom is -0.325 e. The fraction of sp³-hybridized carbons (Fsp3) is 0.273. The first kappa shape index (κ1) is 21.0. The van der Waals surface area contributed by atoms with Gasteiger partial charge in [-0.3, -0.25) is 19.7 Å². The van der Waals surface area contributed by atoms with Gasteiger partial charge in [-0.25, -0.2) is 4.98 Å². The molecule has 2 aromatic heterocycles. The van der Waals surface area contributed by atoms with Gasteiger partial charge in [0.2, 0.25) is 5.91 Å². The Morgan fingerprint density at radius 2 is 1.90 bits per heavy atom. The maximum atomic E-state index is 12.6. The summed E-state index contributed by atoms with van der Waals surface area (Å²) in [7, 11) is 2.07. The molecule has 9 heteroatoms. The Hall–Kier alpha value is -3.30. The number of aromatic nitrogens is 2. The van der Waals surface area contributed by atoms with Crippen LogP contribution in [0.2, 0.25) is 0 Å². The molecule has 0 unspecified atom stereocenters. The zero-order chi connectivity index (χ0) is 22.0. The van der Waals surface area contributed by atoms with Crippen LogP contribution in [0.4, 0.5) is 10.8 Å². The van der Waals surface area contributed by atoms with Crippen LogP contribution in [0.1, 0.15) is 26.5 Å². The molecule has 0 saturated heterocycles. The topological polar surface area (TPSA) is 96.3 Å². The van der Waals surface area contributed by atoms with Gasteiger partial charge in [-0.2, -0.15) is 0 Å². The maximum absolute atomic E-state index is 12.6. The molecule has 0 bridgehead atoms. The molecule has 3 heterocycles. The highest BCUT2D eigenvalue weighted by molar-refractivity contribution is 7.15. The zero-order valence-electron chi connectivity index (χ0n) is 17.3. The Bertz CT molecular complexity index is 1180. The summed E-state index contributed by atoms with van der Waals surface area (Å²) in [5.41, 5.74) is 2.75. The normalized spacial score (nSPS) is 13.5. The molecule has 160 valence electrons. The van der Waals surface area contributed by atoms with E-state index in [4.69, 9.17) is 0 Å². The summed E-state index contributed by atoms with van der Waals surface area (Å²) in [6.07, 6.45) is 2.53. The fourth-order valence-electron chi connectivity index (χ4n) is 3.38. The third-order valence-electron chi connectivity index (χ3n) is 5.02. The SMILES string of the molecule is Cc1ccc(=O)n(CC(=O)Nc2ccc(C(=O)Nc3nc4c(s3)CN(C)CC4)cc2)c1. The Labute approximate surface area is 183 Å². The van der Waals surface area contributed by atoms with Crippen LogP contribution in [0.5, 0.6) is 0 Å². The van der Waals surface area contributed by atoms with E-state index in [0.29, 0.717) is 16.4 Å². The summed E-state index contributed by atoms with van der Waals surface area (Å²) >= 11 is 1.51. The lowest BCUT2D eigenvalue weighted by Gasteiger charge is -2.20. The standard InChI is InChI=1S/C22H23N5O3S/c1-14-3-8-20(29)27(11-14)13-19(28)23-16-6-4-15(5-7-16)21(30)25-22-24-17-9-10-26(2)12-18(17)31-22/h3-8,11H,9-10,12-13H2,1-2H3,(H,23,28)(H,24,25,30). The first-order valence-corrected chi connectivity index (χ1v) is 10.7. The number of anilines is 2. The fourth-order valence-corrected chi connectivity index (χ4v) is 4.46. The van der Waals surface area contributed by atoms with Crippen molar-refractivity contribution >= 4 is 34.0 Å². The highest BCUT2D eigenvalue weighted by atomic mass is 32.1. The number of thiazole rings is 1. The van der Waals surface area contributed by atoms with Crippen LogP contribution >= 0.6 is 11.3 Å². The van der Waals surface area contributed by atoms with Crippen molar-refractivity contribution in [1.82, 2.24) is 14.5 Å². The molecule has 1 aliphatic rings. The van der Waals surface area contributed by atoms with E-state index in [2.05, 4.69) is 27.6 Å². The molecule has 0 spiro atoms. The lowest BCUT2D eigenvalue weighted by atomic mass is 10.2. The summed E-state index contributed by atoms with van der Waals surface area (Å²) in [4.78, 5) is 44.6. The lowest BCUT2D eigenvalue weighted by molar-refractivity contribution is -0.116. The van der Waals surface area contributed by atoms with Crippen molar-refractivity contribution in [2.75, 3.05) is 24.2 Å². The number of hydrogen-bond acceptors (Lipinski definition) is 6. The second-order valence-corrected chi connectivity index (χ2v) is 8.71. The van der Waals surface area contributed by atoms with Crippen LogP contribution < -0.4 is 16.2 Å². The van der Waals surface area contributed by atoms with Crippen LogP contribution in [-0.2, 0) is 24.3 Å². The molecule has 2 amide bonds. The van der Waals surface area contributed by atoms with Gasteiger partial charge in [0.25, 0.3) is 11.5 Å². The van der Waals surface area contributed by atoms with E-state index in [1.165, 1.54) is 26.8 Å². The number of aryl methyl sites for hydroxylation is 1. The van der Waals surface area contributed by atoms with Gasteiger partial charge in [0.15, 0.2) is 5.13 Å². The van der Waals surface area contributed by atoms with E-state index in [1.54, 1.807) is 36.5 Å². The smallest absolute Gasteiger partial charge is 0.257 e. The number of rotatable bonds is 5. The molecule has 0 saturated carbocycles. The third kappa shape index (κ3) is 5.07. The predicted molar refractivity (Wildman–Crippen MR) is 121 cm³/mol. The van der Waals surface area contributed by atoms with E-state index in [1.807, 2.05) is 6.92 Å². The second-order valence-electron chi connectivity index (χ2n) is 7.63. The van der Waals surface area contributed by atoms with Crippen LogP contribution in [0.3, 0.4) is 0 Å². The highest BCUT2D eigenvalue weighted by Crippen LogP contribution is 2.28. The summed E-state index contributed by atoms with van der Waals surface area (Å²) < 4.78 is 1.36. The lowest BCUT2D eigenvalue weighted by Crippen LogP contribution is -2.26. The van der Waals surface area contributed by atoms with Crippen molar-refractivity contribution in [1.29, 1.82) is 0 Å². The summed E-state index contributed by atoms with van der Waals surface area (Å²) in [6, 6.07) is 9.75. The monoisotopic (exact) mass is 437 g/mol. The molecule has 4 rings (SSSR count). The van der Waals surface area contributed by atoms with Gasteiger partial charge in [-0.15, -0.1) is 11.3 Å². The number of pyridine rings is 1. The summed E-state index contributed by atoms with van der Waals surface area (Å²) in [6.45, 7) is 3.60. The minimum absolute atomic E-state index is 0.0767. The van der Waals surface area contributed by atoms with E-state index < -0.39 is 0 Å². The molecular formula is C22H23N5O3S. The third-order valence-corrected chi connectivity index (χ3v) is 6.02. The number of nitrogens with one attached hydrogen (secondary N) is 2. The number of fused-ring (bicyclic) bond motifs is 1. The van der Waals surface area contributed by atoms with Crippen molar-refractivity contribution in [2.24, 2.45) is 0 Å². The molecule has 1 aromatic carbocycles. The maximum Gasteiger partial charge on any atom is 0.257 e. The first-order chi connectivity index (χ1) is 14.9. The molecule has 8 nitrogen and oxygen atoms in total. The Kier molecular flexibility index (Phi) is 5.97. The minimum atomic E-state index is -0.316. The van der Waals surface area contributed by atoms with Crippen LogP contribution in [0.15, 0.2) is 47.4 Å². The largest absolute Gasteiger partial charge is 0.325 e. The van der Waals surface area contributed by atoms with Gasteiger partial charge in [0, 0.05) is 47.9 Å². The van der Waals surface area contributed by atoms with E-state index >= 15 is 0 Å². The van der Waals surface area contributed by atoms with Crippen molar-refractivity contribution in [3.63, 3.8) is 0 Å². The van der Waals surface area contributed by atoms with Crippen molar-refractivity contribution < 1.29 is 9.59 Å². The number of likely N-dealkylation sites (N-methyl/N-ethyl adjacent to an activating group) is 1. The Balaban J connectivity index is 1.36. The second kappa shape index (κ2) is 8.83. The Morgan fingerprint density at radius 1 is 1.13 bits per heavy atom. The molecule has 0 atom stereocenters. The quantitative estimate of drug-likeness (QED) is 0.639. The molecule has 2 N–H and O–H groups in total. The number of nitrogens with zero attached hydrogens (tertiary/aromatic N) is 3. The van der Waals surface area contributed by atoms with E-state index in [9.17, 15) is 14.4 Å². The van der Waals surface area contributed by atoms with Gasteiger partial charge < -0.3 is 14.8 Å². The van der Waals surface area contributed by atoms with Gasteiger partial charge in [0.05, 0.1) is 5.69 Å². The number of carbonyl (C=O) groups excluding carboxylic acids is 2. The molecule has 0 aliphatic carbocycles. The van der Waals surface area contributed by atoms with E-state index in [0.717, 1.165) is 30.8 Å². The molecule has 0 radical (unpaired) electrons. The molecule has 31 heavy (non-hydrogen) atoms. The zero-order valence-corrected chi connectivity index (χ0v) is 18.2. The van der Waals surface area contributed by atoms with Crippen molar-refractivity contribution in [2.45, 2.75) is 26.4 Å². The Morgan fingerprint density at radius 3 is 2.68 bits per heavy atom. The van der Waals surface area contributed by atoms with Crippen LogP contribution in [0, 0.1) is 6.92 Å². The number of hydrogen-bond donors (Lipinski definition) is 2. The number of amides is 2. The van der Waals surface area contributed by atoms with Gasteiger partial charge in [-0.05, 0) is 43.8 Å². The van der Waals surface area contributed by atoms with E-state index in [-0.39, 0.29) is 23.9 Å². The van der Waals surface area contributed by atoms with Gasteiger partial charge in [0.1, 0.15) is 6.54 Å². The first-order valence-electron chi connectivity index (χ1n) is 9.93. The van der Waals surface area contributed by atoms with Crippen LogP contribution in [-0.4, -0.2) is 39.9 Å². The van der Waals surface area contributed by atoms with Crippen molar-refractivity contribution in [3.8, 4) is 0 Å².